The van der Waals surface area contributed by atoms with E-state index in [4.69, 9.17) is 16.6 Å². The lowest BCUT2D eigenvalue weighted by Gasteiger charge is -2.18. The molecule has 0 heterocycles. The third-order valence-electron chi connectivity index (χ3n) is 2.26. The fourth-order valence-electron chi connectivity index (χ4n) is 1.14. The normalized spacial score (nSPS) is 13.8. The van der Waals surface area contributed by atoms with Gasteiger partial charge in [-0.05, 0) is 5.92 Å². The molecule has 0 saturated heterocycles. The number of aliphatic carboxylic acids is 1. The molecule has 18 heavy (non-hydrogen) atoms. The summed E-state index contributed by atoms with van der Waals surface area (Å²) in [7, 11) is 0. The SMILES string of the molecule is CC(C)C(NC(=O)CNC(=O)C(N)CN)C(=O)O. The van der Waals surface area contributed by atoms with Gasteiger partial charge in [0.25, 0.3) is 0 Å². The van der Waals surface area contributed by atoms with E-state index in [1.807, 2.05) is 0 Å². The van der Waals surface area contributed by atoms with E-state index in [0.717, 1.165) is 0 Å². The molecule has 0 aromatic rings. The van der Waals surface area contributed by atoms with Gasteiger partial charge in [0.1, 0.15) is 6.04 Å². The molecule has 0 rings (SSSR count). The zero-order valence-corrected chi connectivity index (χ0v) is 10.5. The average molecular weight is 260 g/mol. The molecule has 0 aliphatic heterocycles. The van der Waals surface area contributed by atoms with E-state index < -0.39 is 29.9 Å². The number of amides is 2. The molecule has 0 aromatic carbocycles. The Balaban J connectivity index is 4.19. The number of carboxylic acid groups (broad SMARTS) is 1. The summed E-state index contributed by atoms with van der Waals surface area (Å²) in [5.74, 6) is -2.52. The molecule has 104 valence electrons. The average Bonchev–Trinajstić information content (AvgIpc) is 2.30. The maximum Gasteiger partial charge on any atom is 0.326 e. The van der Waals surface area contributed by atoms with Crippen LogP contribution in [0.25, 0.3) is 0 Å². The summed E-state index contributed by atoms with van der Waals surface area (Å²) in [6, 6.07) is -1.87. The van der Waals surface area contributed by atoms with Crippen molar-refractivity contribution in [1.82, 2.24) is 10.6 Å². The number of nitrogens with one attached hydrogen (secondary N) is 2. The van der Waals surface area contributed by atoms with Gasteiger partial charge in [0.2, 0.25) is 11.8 Å². The van der Waals surface area contributed by atoms with Crippen molar-refractivity contribution in [3.05, 3.63) is 0 Å². The molecule has 0 radical (unpaired) electrons. The molecule has 7 N–H and O–H groups in total. The molecule has 0 aliphatic rings. The Hall–Kier alpha value is -1.67. The van der Waals surface area contributed by atoms with Crippen LogP contribution in [0.2, 0.25) is 0 Å². The second kappa shape index (κ2) is 7.62. The predicted molar refractivity (Wildman–Crippen MR) is 64.4 cm³/mol. The van der Waals surface area contributed by atoms with Crippen LogP contribution >= 0.6 is 0 Å². The van der Waals surface area contributed by atoms with Gasteiger partial charge in [-0.15, -0.1) is 0 Å². The van der Waals surface area contributed by atoms with Crippen LogP contribution < -0.4 is 22.1 Å². The van der Waals surface area contributed by atoms with Crippen LogP contribution in [-0.4, -0.2) is 48.1 Å². The van der Waals surface area contributed by atoms with Gasteiger partial charge < -0.3 is 27.2 Å². The molecule has 0 spiro atoms. The molecule has 0 aromatic heterocycles. The number of carboxylic acids is 1. The monoisotopic (exact) mass is 260 g/mol. The molecule has 0 fully saturated rings. The van der Waals surface area contributed by atoms with Gasteiger partial charge >= 0.3 is 5.97 Å². The summed E-state index contributed by atoms with van der Waals surface area (Å²) < 4.78 is 0. The first kappa shape index (κ1) is 16.3. The molecule has 8 nitrogen and oxygen atoms in total. The predicted octanol–water partition coefficient (Wildman–Crippen LogP) is -2.39. The van der Waals surface area contributed by atoms with Crippen LogP contribution in [0.4, 0.5) is 0 Å². The zero-order valence-electron chi connectivity index (χ0n) is 10.5. The molecule has 2 atom stereocenters. The van der Waals surface area contributed by atoms with Crippen molar-refractivity contribution in [2.75, 3.05) is 13.1 Å². The van der Waals surface area contributed by atoms with Crippen LogP contribution in [0.15, 0.2) is 0 Å². The lowest BCUT2D eigenvalue weighted by atomic mass is 10.1. The fraction of sp³-hybridized carbons (Fsp3) is 0.700. The number of hydrogen-bond acceptors (Lipinski definition) is 5. The summed E-state index contributed by atoms with van der Waals surface area (Å²) in [5.41, 5.74) is 10.5. The summed E-state index contributed by atoms with van der Waals surface area (Å²) in [6.45, 7) is 2.98. The minimum absolute atomic E-state index is 0.0306. The number of nitrogens with two attached hydrogens (primary N) is 2. The van der Waals surface area contributed by atoms with Crippen molar-refractivity contribution in [1.29, 1.82) is 0 Å². The van der Waals surface area contributed by atoms with E-state index >= 15 is 0 Å². The maximum atomic E-state index is 11.4. The topological polar surface area (TPSA) is 148 Å². The Morgan fingerprint density at radius 1 is 1.28 bits per heavy atom. The molecule has 8 heteroatoms. The minimum Gasteiger partial charge on any atom is -0.480 e. The first-order chi connectivity index (χ1) is 8.29. The van der Waals surface area contributed by atoms with Crippen LogP contribution in [0, 0.1) is 5.92 Å². The standard InChI is InChI=1S/C10H20N4O4/c1-5(2)8(10(17)18)14-7(15)4-13-9(16)6(12)3-11/h5-6,8H,3-4,11-12H2,1-2H3,(H,13,16)(H,14,15)(H,17,18). The Kier molecular flexibility index (Phi) is 6.91. The summed E-state index contributed by atoms with van der Waals surface area (Å²) in [5, 5.41) is 13.4. The number of rotatable bonds is 7. The highest BCUT2D eigenvalue weighted by Crippen LogP contribution is 2.00. The summed E-state index contributed by atoms with van der Waals surface area (Å²) in [4.78, 5) is 33.5. The first-order valence-corrected chi connectivity index (χ1v) is 5.55. The minimum atomic E-state index is -1.12. The number of carbonyl (C=O) groups is 3. The largest absolute Gasteiger partial charge is 0.480 e. The Labute approximate surface area is 105 Å². The molecule has 0 aliphatic carbocycles. The highest BCUT2D eigenvalue weighted by Gasteiger charge is 2.23. The van der Waals surface area contributed by atoms with E-state index in [9.17, 15) is 14.4 Å². The Morgan fingerprint density at radius 2 is 1.83 bits per heavy atom. The van der Waals surface area contributed by atoms with Gasteiger partial charge in [0.05, 0.1) is 12.6 Å². The van der Waals surface area contributed by atoms with Gasteiger partial charge in [-0.2, -0.15) is 0 Å². The van der Waals surface area contributed by atoms with Gasteiger partial charge in [-0.1, -0.05) is 13.8 Å². The fourth-order valence-corrected chi connectivity index (χ4v) is 1.14. The summed E-state index contributed by atoms with van der Waals surface area (Å²) >= 11 is 0. The van der Waals surface area contributed by atoms with Crippen LogP contribution in [0.5, 0.6) is 0 Å². The molecule has 0 bridgehead atoms. The van der Waals surface area contributed by atoms with Crippen LogP contribution in [0.3, 0.4) is 0 Å². The Bertz CT molecular complexity index is 319. The third kappa shape index (κ3) is 5.60. The molecule has 2 amide bonds. The van der Waals surface area contributed by atoms with Gasteiger partial charge in [-0.25, -0.2) is 4.79 Å². The first-order valence-electron chi connectivity index (χ1n) is 5.55. The van der Waals surface area contributed by atoms with E-state index in [0.29, 0.717) is 0 Å². The van der Waals surface area contributed by atoms with E-state index in [-0.39, 0.29) is 19.0 Å². The number of hydrogen-bond donors (Lipinski definition) is 5. The van der Waals surface area contributed by atoms with Gasteiger partial charge in [0.15, 0.2) is 0 Å². The van der Waals surface area contributed by atoms with Crippen molar-refractivity contribution in [2.24, 2.45) is 17.4 Å². The highest BCUT2D eigenvalue weighted by molar-refractivity contribution is 5.89. The highest BCUT2D eigenvalue weighted by atomic mass is 16.4. The molecular weight excluding hydrogens is 240 g/mol. The Morgan fingerprint density at radius 3 is 2.22 bits per heavy atom. The van der Waals surface area contributed by atoms with E-state index in [2.05, 4.69) is 10.6 Å². The van der Waals surface area contributed by atoms with Crippen LogP contribution in [-0.2, 0) is 14.4 Å². The van der Waals surface area contributed by atoms with Crippen molar-refractivity contribution >= 4 is 17.8 Å². The lowest BCUT2D eigenvalue weighted by molar-refractivity contribution is -0.143. The molecular formula is C10H20N4O4. The molecule has 2 unspecified atom stereocenters. The maximum absolute atomic E-state index is 11.4. The second-order valence-corrected chi connectivity index (χ2v) is 4.19. The second-order valence-electron chi connectivity index (χ2n) is 4.19. The lowest BCUT2D eigenvalue weighted by Crippen LogP contribution is -2.51. The zero-order chi connectivity index (χ0) is 14.3. The molecule has 0 saturated carbocycles. The van der Waals surface area contributed by atoms with Crippen molar-refractivity contribution < 1.29 is 19.5 Å². The summed E-state index contributed by atoms with van der Waals surface area (Å²) in [6.07, 6.45) is 0. The van der Waals surface area contributed by atoms with E-state index in [1.165, 1.54) is 0 Å². The van der Waals surface area contributed by atoms with Crippen LogP contribution in [0.1, 0.15) is 13.8 Å². The van der Waals surface area contributed by atoms with Crippen molar-refractivity contribution in [3.63, 3.8) is 0 Å². The quantitative estimate of drug-likeness (QED) is 0.345. The number of carbonyl (C=O) groups excluding carboxylic acids is 2. The van der Waals surface area contributed by atoms with Gasteiger partial charge in [0, 0.05) is 6.54 Å². The van der Waals surface area contributed by atoms with Gasteiger partial charge in [-0.3, -0.25) is 9.59 Å². The van der Waals surface area contributed by atoms with Crippen molar-refractivity contribution in [3.8, 4) is 0 Å². The third-order valence-corrected chi connectivity index (χ3v) is 2.26. The van der Waals surface area contributed by atoms with Crippen molar-refractivity contribution in [2.45, 2.75) is 25.9 Å². The van der Waals surface area contributed by atoms with E-state index in [1.54, 1.807) is 13.8 Å². The smallest absolute Gasteiger partial charge is 0.326 e.